The number of thiophene rings is 1. The number of hydrogen-bond donors (Lipinski definition) is 2. The molecule has 4 aromatic rings. The van der Waals surface area contributed by atoms with E-state index in [-0.39, 0.29) is 17.0 Å². The van der Waals surface area contributed by atoms with Gasteiger partial charge in [0.15, 0.2) is 0 Å². The third kappa shape index (κ3) is 5.29. The third-order valence-electron chi connectivity index (χ3n) is 6.43. The lowest BCUT2D eigenvalue weighted by Crippen LogP contribution is -2.45. The summed E-state index contributed by atoms with van der Waals surface area (Å²) in [5.74, 6) is -0.0468. The molecule has 0 aliphatic carbocycles. The van der Waals surface area contributed by atoms with Crippen LogP contribution in [0.25, 0.3) is 10.2 Å². The highest BCUT2D eigenvalue weighted by Gasteiger charge is 2.25. The van der Waals surface area contributed by atoms with Crippen molar-refractivity contribution in [2.24, 2.45) is 0 Å². The Labute approximate surface area is 212 Å². The molecule has 6 nitrogen and oxygen atoms in total. The van der Waals surface area contributed by atoms with Gasteiger partial charge in [0.1, 0.15) is 22.8 Å². The number of piperidine rings is 1. The smallest absolute Gasteiger partial charge is 0.261 e. The zero-order valence-electron chi connectivity index (χ0n) is 19.2. The minimum absolute atomic E-state index is 0.0231. The third-order valence-corrected chi connectivity index (χ3v) is 7.76. The second kappa shape index (κ2) is 10.3. The van der Waals surface area contributed by atoms with E-state index in [1.807, 2.05) is 6.07 Å². The number of rotatable bonds is 6. The first kappa shape index (κ1) is 23.7. The molecule has 2 aromatic heterocycles. The van der Waals surface area contributed by atoms with Crippen LogP contribution in [0.2, 0.25) is 5.02 Å². The van der Waals surface area contributed by atoms with Crippen molar-refractivity contribution in [3.8, 4) is 0 Å². The van der Waals surface area contributed by atoms with Gasteiger partial charge >= 0.3 is 0 Å². The molecular weight excluding hydrogens is 485 g/mol. The molecule has 1 atom stereocenters. The Balaban J connectivity index is 1.23. The van der Waals surface area contributed by atoms with Crippen LogP contribution in [0, 0.1) is 5.82 Å². The van der Waals surface area contributed by atoms with Crippen molar-refractivity contribution >= 4 is 50.6 Å². The molecule has 5 rings (SSSR count). The second-order valence-corrected chi connectivity index (χ2v) is 10.1. The normalized spacial score (nSPS) is 15.7. The highest BCUT2D eigenvalue weighted by molar-refractivity contribution is 7.20. The van der Waals surface area contributed by atoms with E-state index in [2.05, 4.69) is 56.7 Å². The molecule has 0 bridgehead atoms. The molecule has 3 heterocycles. The van der Waals surface area contributed by atoms with Crippen LogP contribution in [0.1, 0.15) is 41.0 Å². The lowest BCUT2D eigenvalue weighted by Gasteiger charge is -2.36. The van der Waals surface area contributed by atoms with Gasteiger partial charge in [-0.05, 0) is 49.6 Å². The Morgan fingerprint density at radius 3 is 2.66 bits per heavy atom. The maximum absolute atomic E-state index is 13.5. The Hall–Kier alpha value is -3.07. The molecule has 9 heteroatoms. The summed E-state index contributed by atoms with van der Waals surface area (Å²) in [5.41, 5.74) is 1.92. The summed E-state index contributed by atoms with van der Waals surface area (Å²) < 4.78 is 13.5. The summed E-state index contributed by atoms with van der Waals surface area (Å²) in [4.78, 5) is 25.4. The Bertz CT molecular complexity index is 1340. The predicted molar refractivity (Wildman–Crippen MR) is 139 cm³/mol. The van der Waals surface area contributed by atoms with E-state index in [1.54, 1.807) is 12.1 Å². The largest absolute Gasteiger partial charge is 0.349 e. The summed E-state index contributed by atoms with van der Waals surface area (Å²) in [6, 6.07) is 17.2. The molecule has 35 heavy (non-hydrogen) atoms. The van der Waals surface area contributed by atoms with E-state index in [1.165, 1.54) is 35.4 Å². The number of nitrogens with one attached hydrogen (secondary N) is 2. The minimum Gasteiger partial charge on any atom is -0.349 e. The van der Waals surface area contributed by atoms with Gasteiger partial charge in [-0.3, -0.25) is 9.69 Å². The van der Waals surface area contributed by atoms with Crippen LogP contribution in [0.5, 0.6) is 0 Å². The fourth-order valence-corrected chi connectivity index (χ4v) is 5.49. The summed E-state index contributed by atoms with van der Waals surface area (Å²) >= 11 is 7.22. The average molecular weight is 510 g/mol. The van der Waals surface area contributed by atoms with Crippen molar-refractivity contribution in [3.05, 3.63) is 82.2 Å². The van der Waals surface area contributed by atoms with E-state index in [0.717, 1.165) is 31.3 Å². The van der Waals surface area contributed by atoms with Gasteiger partial charge in [0.2, 0.25) is 0 Å². The number of fused-ring (bicyclic) bond motifs is 1. The molecule has 1 aliphatic heterocycles. The van der Waals surface area contributed by atoms with Crippen LogP contribution < -0.4 is 10.6 Å². The monoisotopic (exact) mass is 509 g/mol. The van der Waals surface area contributed by atoms with Gasteiger partial charge in [0.05, 0.1) is 15.3 Å². The number of carbonyl (C=O) groups is 1. The molecular formula is C26H25ClFN5OS. The molecule has 0 saturated carbocycles. The highest BCUT2D eigenvalue weighted by Crippen LogP contribution is 2.31. The van der Waals surface area contributed by atoms with Gasteiger partial charge in [-0.1, -0.05) is 41.9 Å². The van der Waals surface area contributed by atoms with E-state index in [4.69, 9.17) is 11.6 Å². The van der Waals surface area contributed by atoms with Gasteiger partial charge in [-0.25, -0.2) is 14.4 Å². The molecule has 0 spiro atoms. The molecule has 2 N–H and O–H groups in total. The fourth-order valence-electron chi connectivity index (χ4n) is 4.41. The number of amides is 1. The number of benzene rings is 2. The van der Waals surface area contributed by atoms with Crippen molar-refractivity contribution < 1.29 is 9.18 Å². The first-order chi connectivity index (χ1) is 17.0. The van der Waals surface area contributed by atoms with E-state index in [0.29, 0.717) is 27.3 Å². The maximum Gasteiger partial charge on any atom is 0.261 e. The number of anilines is 2. The van der Waals surface area contributed by atoms with Crippen molar-refractivity contribution in [1.29, 1.82) is 0 Å². The van der Waals surface area contributed by atoms with Crippen molar-refractivity contribution in [2.45, 2.75) is 31.8 Å². The van der Waals surface area contributed by atoms with Crippen LogP contribution in [0.15, 0.2) is 60.9 Å². The van der Waals surface area contributed by atoms with E-state index in [9.17, 15) is 9.18 Å². The molecule has 1 fully saturated rings. The average Bonchev–Trinajstić information content (AvgIpc) is 3.33. The molecule has 1 unspecified atom stereocenters. The zero-order chi connectivity index (χ0) is 24.4. The van der Waals surface area contributed by atoms with Gasteiger partial charge in [-0.2, -0.15) is 0 Å². The summed E-state index contributed by atoms with van der Waals surface area (Å²) in [7, 11) is 0. The van der Waals surface area contributed by atoms with Crippen LogP contribution in [-0.2, 0) is 0 Å². The standard InChI is InChI=1S/C26H25ClFN5OS/c1-16(17-5-3-2-4-6-17)33-11-9-18(10-12-33)32-25(34)23-14-20-24(29-15-30-26(20)35-23)31-19-7-8-22(28)21(27)13-19/h2-8,13-16,18H,9-12H2,1H3,(H,32,34)(H,29,30,31). The maximum atomic E-state index is 13.5. The number of halogens is 2. The van der Waals surface area contributed by atoms with Crippen LogP contribution in [0.4, 0.5) is 15.9 Å². The Morgan fingerprint density at radius 1 is 1.14 bits per heavy atom. The van der Waals surface area contributed by atoms with Crippen molar-refractivity contribution in [1.82, 2.24) is 20.2 Å². The second-order valence-electron chi connectivity index (χ2n) is 8.68. The Kier molecular flexibility index (Phi) is 6.95. The summed E-state index contributed by atoms with van der Waals surface area (Å²) in [6.45, 7) is 4.11. The quantitative estimate of drug-likeness (QED) is 0.324. The van der Waals surface area contributed by atoms with Crippen LogP contribution >= 0.6 is 22.9 Å². The van der Waals surface area contributed by atoms with Crippen molar-refractivity contribution in [2.75, 3.05) is 18.4 Å². The lowest BCUT2D eigenvalue weighted by atomic mass is 10.00. The van der Waals surface area contributed by atoms with E-state index >= 15 is 0 Å². The SMILES string of the molecule is CC(c1ccccc1)N1CCC(NC(=O)c2cc3c(Nc4ccc(F)c(Cl)c4)ncnc3s2)CC1. The predicted octanol–water partition coefficient (Wildman–Crippen LogP) is 6.18. The van der Waals surface area contributed by atoms with Crippen molar-refractivity contribution in [3.63, 3.8) is 0 Å². The molecule has 1 saturated heterocycles. The van der Waals surface area contributed by atoms with Crippen LogP contribution in [-0.4, -0.2) is 39.9 Å². The van der Waals surface area contributed by atoms with E-state index < -0.39 is 5.82 Å². The number of hydrogen-bond acceptors (Lipinski definition) is 6. The Morgan fingerprint density at radius 2 is 1.91 bits per heavy atom. The molecule has 1 aliphatic rings. The number of nitrogens with zero attached hydrogens (tertiary/aromatic N) is 3. The molecule has 0 radical (unpaired) electrons. The summed E-state index contributed by atoms with van der Waals surface area (Å²) in [6.07, 6.45) is 3.26. The molecule has 2 aromatic carbocycles. The van der Waals surface area contributed by atoms with Crippen LogP contribution in [0.3, 0.4) is 0 Å². The number of carbonyl (C=O) groups excluding carboxylic acids is 1. The minimum atomic E-state index is -0.486. The van der Waals surface area contributed by atoms with Gasteiger partial charge < -0.3 is 10.6 Å². The summed E-state index contributed by atoms with van der Waals surface area (Å²) in [5, 5.41) is 7.09. The van der Waals surface area contributed by atoms with Gasteiger partial charge in [-0.15, -0.1) is 11.3 Å². The molecule has 180 valence electrons. The first-order valence-electron chi connectivity index (χ1n) is 11.5. The lowest BCUT2D eigenvalue weighted by molar-refractivity contribution is 0.0900. The van der Waals surface area contributed by atoms with Gasteiger partial charge in [0, 0.05) is 30.9 Å². The molecule has 1 amide bonds. The fraction of sp³-hybridized carbons (Fsp3) is 0.269. The zero-order valence-corrected chi connectivity index (χ0v) is 20.7. The first-order valence-corrected chi connectivity index (χ1v) is 12.7. The number of aromatic nitrogens is 2. The number of likely N-dealkylation sites (tertiary alicyclic amines) is 1. The topological polar surface area (TPSA) is 70.2 Å². The highest BCUT2D eigenvalue weighted by atomic mass is 35.5. The van der Waals surface area contributed by atoms with Gasteiger partial charge in [0.25, 0.3) is 5.91 Å².